The van der Waals surface area contributed by atoms with E-state index in [0.29, 0.717) is 6.42 Å². The molecule has 1 aromatic rings. The third-order valence-electron chi connectivity index (χ3n) is 3.91. The Bertz CT molecular complexity index is 407. The lowest BCUT2D eigenvalue weighted by Crippen LogP contribution is -2.35. The second-order valence-electron chi connectivity index (χ2n) is 5.34. The highest BCUT2D eigenvalue weighted by atomic mass is 19.4. The molecule has 3 heteroatoms. The summed E-state index contributed by atoms with van der Waals surface area (Å²) in [6.07, 6.45) is -3.37. The van der Waals surface area contributed by atoms with Crippen LogP contribution < -0.4 is 0 Å². The lowest BCUT2D eigenvalue weighted by Gasteiger charge is -2.31. The molecule has 0 fully saturated rings. The molecule has 0 radical (unpaired) electrons. The monoisotopic (exact) mass is 258 g/mol. The lowest BCUT2D eigenvalue weighted by molar-refractivity contribution is -0.221. The number of hydrogen-bond donors (Lipinski definition) is 0. The molecule has 0 heterocycles. The Kier molecular flexibility index (Phi) is 4.46. The number of rotatable bonds is 4. The van der Waals surface area contributed by atoms with Crippen LogP contribution in [-0.4, -0.2) is 6.18 Å². The van der Waals surface area contributed by atoms with Crippen LogP contribution in [0.15, 0.2) is 18.2 Å². The van der Waals surface area contributed by atoms with Crippen molar-refractivity contribution in [2.24, 2.45) is 5.41 Å². The van der Waals surface area contributed by atoms with Gasteiger partial charge in [0, 0.05) is 0 Å². The van der Waals surface area contributed by atoms with Crippen molar-refractivity contribution in [1.29, 1.82) is 0 Å². The molecular weight excluding hydrogens is 237 g/mol. The van der Waals surface area contributed by atoms with Crippen LogP contribution in [0.5, 0.6) is 0 Å². The van der Waals surface area contributed by atoms with Crippen molar-refractivity contribution in [3.8, 4) is 0 Å². The van der Waals surface area contributed by atoms with Gasteiger partial charge < -0.3 is 0 Å². The number of aryl methyl sites for hydroxylation is 3. The van der Waals surface area contributed by atoms with Crippen LogP contribution in [0.1, 0.15) is 43.4 Å². The molecule has 1 atom stereocenters. The first-order valence-electron chi connectivity index (χ1n) is 6.32. The molecule has 0 nitrogen and oxygen atoms in total. The highest BCUT2D eigenvalue weighted by molar-refractivity contribution is 5.30. The number of halogens is 3. The first-order chi connectivity index (χ1) is 8.19. The second-order valence-corrected chi connectivity index (χ2v) is 5.34. The van der Waals surface area contributed by atoms with Gasteiger partial charge in [-0.05, 0) is 44.2 Å². The van der Waals surface area contributed by atoms with Crippen molar-refractivity contribution in [2.45, 2.75) is 53.1 Å². The summed E-state index contributed by atoms with van der Waals surface area (Å²) in [4.78, 5) is 0. The molecule has 0 saturated carbocycles. The Hall–Kier alpha value is -0.990. The number of benzene rings is 1. The predicted octanol–water partition coefficient (Wildman–Crippen LogP) is 5.21. The highest BCUT2D eigenvalue weighted by Crippen LogP contribution is 2.44. The van der Waals surface area contributed by atoms with Crippen molar-refractivity contribution >= 4 is 0 Å². The second kappa shape index (κ2) is 5.33. The molecule has 0 spiro atoms. The van der Waals surface area contributed by atoms with Gasteiger partial charge in [-0.2, -0.15) is 13.2 Å². The van der Waals surface area contributed by atoms with Crippen LogP contribution in [0.3, 0.4) is 0 Å². The molecule has 0 aromatic heterocycles. The summed E-state index contributed by atoms with van der Waals surface area (Å²) >= 11 is 0. The van der Waals surface area contributed by atoms with Gasteiger partial charge in [0.1, 0.15) is 0 Å². The van der Waals surface area contributed by atoms with Gasteiger partial charge in [0.15, 0.2) is 0 Å². The SMILES string of the molecule is CCC(C)(CCc1ccc(C)cc1C)C(F)(F)F. The normalized spacial score (nSPS) is 15.5. The first-order valence-corrected chi connectivity index (χ1v) is 6.32. The minimum atomic E-state index is -4.12. The maximum atomic E-state index is 13.0. The van der Waals surface area contributed by atoms with Crippen LogP contribution in [0.4, 0.5) is 13.2 Å². The quantitative estimate of drug-likeness (QED) is 0.695. The van der Waals surface area contributed by atoms with Crippen LogP contribution >= 0.6 is 0 Å². The molecule has 0 amide bonds. The third-order valence-corrected chi connectivity index (χ3v) is 3.91. The van der Waals surface area contributed by atoms with Crippen LogP contribution in [0.2, 0.25) is 0 Å². The summed E-state index contributed by atoms with van der Waals surface area (Å²) < 4.78 is 38.9. The molecule has 0 bridgehead atoms. The van der Waals surface area contributed by atoms with Gasteiger partial charge in [0.05, 0.1) is 5.41 Å². The zero-order valence-corrected chi connectivity index (χ0v) is 11.5. The van der Waals surface area contributed by atoms with Gasteiger partial charge in [-0.15, -0.1) is 0 Å². The highest BCUT2D eigenvalue weighted by Gasteiger charge is 2.48. The van der Waals surface area contributed by atoms with Crippen LogP contribution in [-0.2, 0) is 6.42 Å². The average Bonchev–Trinajstić information content (AvgIpc) is 2.26. The van der Waals surface area contributed by atoms with Gasteiger partial charge in [0.2, 0.25) is 0 Å². The van der Waals surface area contributed by atoms with Crippen molar-refractivity contribution in [2.75, 3.05) is 0 Å². The maximum absolute atomic E-state index is 13.0. The van der Waals surface area contributed by atoms with Gasteiger partial charge >= 0.3 is 6.18 Å². The lowest BCUT2D eigenvalue weighted by atomic mass is 9.80. The summed E-state index contributed by atoms with van der Waals surface area (Å²) in [6, 6.07) is 5.92. The minimum Gasteiger partial charge on any atom is -0.171 e. The summed E-state index contributed by atoms with van der Waals surface area (Å²) in [6.45, 7) is 6.87. The first kappa shape index (κ1) is 15.1. The molecular formula is C15H21F3. The molecule has 0 aliphatic carbocycles. The molecule has 0 N–H and O–H groups in total. The van der Waals surface area contributed by atoms with Gasteiger partial charge in [-0.25, -0.2) is 0 Å². The van der Waals surface area contributed by atoms with Crippen molar-refractivity contribution in [3.05, 3.63) is 34.9 Å². The van der Waals surface area contributed by atoms with Crippen LogP contribution in [0.25, 0.3) is 0 Å². The van der Waals surface area contributed by atoms with Crippen LogP contribution in [0, 0.1) is 19.3 Å². The fourth-order valence-electron chi connectivity index (χ4n) is 2.06. The van der Waals surface area contributed by atoms with E-state index in [0.717, 1.165) is 16.7 Å². The standard InChI is InChI=1S/C15H21F3/c1-5-14(4,15(16,17)18)9-8-13-7-6-11(2)10-12(13)3/h6-7,10H,5,8-9H2,1-4H3. The summed E-state index contributed by atoms with van der Waals surface area (Å²) in [7, 11) is 0. The Balaban J connectivity index is 2.81. The molecule has 1 unspecified atom stereocenters. The number of hydrogen-bond acceptors (Lipinski definition) is 0. The van der Waals surface area contributed by atoms with E-state index in [1.165, 1.54) is 6.92 Å². The fourth-order valence-corrected chi connectivity index (χ4v) is 2.06. The van der Waals surface area contributed by atoms with Crippen molar-refractivity contribution in [1.82, 2.24) is 0 Å². The van der Waals surface area contributed by atoms with Crippen molar-refractivity contribution in [3.63, 3.8) is 0 Å². The van der Waals surface area contributed by atoms with Crippen molar-refractivity contribution < 1.29 is 13.2 Å². The van der Waals surface area contributed by atoms with E-state index >= 15 is 0 Å². The zero-order chi connectivity index (χ0) is 14.0. The Morgan fingerprint density at radius 1 is 1.11 bits per heavy atom. The largest absolute Gasteiger partial charge is 0.394 e. The summed E-state index contributed by atoms with van der Waals surface area (Å²) in [5.41, 5.74) is 1.66. The Morgan fingerprint density at radius 2 is 1.72 bits per heavy atom. The Morgan fingerprint density at radius 3 is 2.17 bits per heavy atom. The molecule has 0 saturated heterocycles. The van der Waals surface area contributed by atoms with E-state index < -0.39 is 11.6 Å². The topological polar surface area (TPSA) is 0 Å². The fraction of sp³-hybridized carbons (Fsp3) is 0.600. The molecule has 1 rings (SSSR count). The minimum absolute atomic E-state index is 0.126. The number of alkyl halides is 3. The predicted molar refractivity (Wildman–Crippen MR) is 68.7 cm³/mol. The van der Waals surface area contributed by atoms with E-state index in [1.807, 2.05) is 32.0 Å². The van der Waals surface area contributed by atoms with Gasteiger partial charge in [0.25, 0.3) is 0 Å². The molecule has 18 heavy (non-hydrogen) atoms. The molecule has 0 aliphatic rings. The average molecular weight is 258 g/mol. The molecule has 102 valence electrons. The summed E-state index contributed by atoms with van der Waals surface area (Å²) in [5.74, 6) is 0. The van der Waals surface area contributed by atoms with Gasteiger partial charge in [-0.1, -0.05) is 37.6 Å². The third kappa shape index (κ3) is 3.27. The van der Waals surface area contributed by atoms with E-state index in [4.69, 9.17) is 0 Å². The Labute approximate surface area is 107 Å². The summed E-state index contributed by atoms with van der Waals surface area (Å²) in [5, 5.41) is 0. The maximum Gasteiger partial charge on any atom is 0.394 e. The van der Waals surface area contributed by atoms with Gasteiger partial charge in [-0.3, -0.25) is 0 Å². The van der Waals surface area contributed by atoms with E-state index in [-0.39, 0.29) is 12.8 Å². The van der Waals surface area contributed by atoms with E-state index in [9.17, 15) is 13.2 Å². The van der Waals surface area contributed by atoms with E-state index in [2.05, 4.69) is 0 Å². The smallest absolute Gasteiger partial charge is 0.171 e. The zero-order valence-electron chi connectivity index (χ0n) is 11.5. The molecule has 1 aromatic carbocycles. The molecule has 0 aliphatic heterocycles. The van der Waals surface area contributed by atoms with E-state index in [1.54, 1.807) is 6.92 Å².